The molecule has 0 saturated carbocycles. The van der Waals surface area contributed by atoms with Gasteiger partial charge in [-0.1, -0.05) is 30.6 Å². The normalized spacial score (nSPS) is 11.3. The molecule has 0 aliphatic carbocycles. The van der Waals surface area contributed by atoms with E-state index in [-0.39, 0.29) is 23.2 Å². The molecule has 20 heavy (non-hydrogen) atoms. The topological polar surface area (TPSA) is 30.7 Å². The van der Waals surface area contributed by atoms with E-state index in [1.807, 2.05) is 0 Å². The van der Waals surface area contributed by atoms with Crippen LogP contribution in [0.3, 0.4) is 0 Å². The van der Waals surface area contributed by atoms with E-state index in [4.69, 9.17) is 23.2 Å². The van der Waals surface area contributed by atoms with Crippen LogP contribution in [0.2, 0.25) is 10.0 Å². The van der Waals surface area contributed by atoms with Crippen molar-refractivity contribution in [3.63, 3.8) is 0 Å². The highest BCUT2D eigenvalue weighted by Crippen LogP contribution is 2.37. The number of thiol groups is 1. The van der Waals surface area contributed by atoms with E-state index >= 15 is 0 Å². The molecule has 2 rings (SSSR count). The van der Waals surface area contributed by atoms with Crippen LogP contribution in [-0.4, -0.2) is 15.0 Å². The van der Waals surface area contributed by atoms with Gasteiger partial charge in [-0.25, -0.2) is 0 Å². The number of benzene rings is 1. The summed E-state index contributed by atoms with van der Waals surface area (Å²) in [5.41, 5.74) is -0.271. The summed E-state index contributed by atoms with van der Waals surface area (Å²) in [7, 11) is 0. The van der Waals surface area contributed by atoms with Crippen LogP contribution in [0.4, 0.5) is 13.2 Å². The zero-order chi connectivity index (χ0) is 14.2. The fourth-order valence-electron chi connectivity index (χ4n) is 1.40. The molecule has 0 fully saturated rings. The molecular weight excluding hydrogens is 334 g/mol. The maximum atomic E-state index is 12.6. The van der Waals surface area contributed by atoms with Gasteiger partial charge in [-0.3, -0.25) is 0 Å². The zero-order valence-corrected chi connectivity index (χ0v) is 11.5. The summed E-state index contributed by atoms with van der Waals surface area (Å²) < 4.78 is 37.7. The van der Waals surface area contributed by atoms with Crippen molar-refractivity contribution in [2.45, 2.75) is 19.4 Å². The van der Waals surface area contributed by atoms with Crippen molar-refractivity contribution in [1.82, 2.24) is 15.0 Å². The fourth-order valence-corrected chi connectivity index (χ4v) is 2.18. The molecule has 0 unspecified atom stereocenters. The SMILES string of the molecule is C.FC(F)(F)c1cc(Cl)c(-n2ncc(CS)n2)c(Cl)c1. The number of nitrogens with zero attached hydrogens (tertiary/aromatic N) is 3. The van der Waals surface area contributed by atoms with Crippen molar-refractivity contribution in [3.8, 4) is 5.69 Å². The molecular formula is C11H10Cl2F3N3S. The quantitative estimate of drug-likeness (QED) is 0.804. The second-order valence-corrected chi connectivity index (χ2v) is 4.70. The minimum absolute atomic E-state index is 0. The van der Waals surface area contributed by atoms with Gasteiger partial charge in [-0.15, -0.1) is 4.80 Å². The van der Waals surface area contributed by atoms with Crippen LogP contribution >= 0.6 is 35.8 Å². The molecule has 3 nitrogen and oxygen atoms in total. The smallest absolute Gasteiger partial charge is 0.173 e. The van der Waals surface area contributed by atoms with Crippen molar-refractivity contribution >= 4 is 35.8 Å². The zero-order valence-electron chi connectivity index (χ0n) is 9.12. The molecule has 0 bridgehead atoms. The minimum Gasteiger partial charge on any atom is -0.173 e. The van der Waals surface area contributed by atoms with Crippen LogP contribution in [0.1, 0.15) is 18.7 Å². The lowest BCUT2D eigenvalue weighted by Gasteiger charge is -2.11. The van der Waals surface area contributed by atoms with Crippen LogP contribution in [0.5, 0.6) is 0 Å². The Morgan fingerprint density at radius 2 is 1.75 bits per heavy atom. The number of hydrogen-bond donors (Lipinski definition) is 1. The van der Waals surface area contributed by atoms with Gasteiger partial charge in [0, 0.05) is 5.75 Å². The second kappa shape index (κ2) is 6.24. The molecule has 0 saturated heterocycles. The van der Waals surface area contributed by atoms with E-state index in [0.717, 1.165) is 16.9 Å². The maximum Gasteiger partial charge on any atom is 0.416 e. The number of alkyl halides is 3. The predicted molar refractivity (Wildman–Crippen MR) is 75.8 cm³/mol. The van der Waals surface area contributed by atoms with Crippen molar-refractivity contribution in [2.75, 3.05) is 0 Å². The van der Waals surface area contributed by atoms with E-state index in [1.165, 1.54) is 6.20 Å². The summed E-state index contributed by atoms with van der Waals surface area (Å²) in [6, 6.07) is 1.57. The molecule has 2 aromatic rings. The number of rotatable bonds is 2. The van der Waals surface area contributed by atoms with Crippen LogP contribution in [0.15, 0.2) is 18.3 Å². The van der Waals surface area contributed by atoms with Crippen molar-refractivity contribution in [2.24, 2.45) is 0 Å². The van der Waals surface area contributed by atoms with Crippen LogP contribution in [0, 0.1) is 0 Å². The van der Waals surface area contributed by atoms with Crippen molar-refractivity contribution < 1.29 is 13.2 Å². The average Bonchev–Trinajstić information content (AvgIpc) is 2.75. The summed E-state index contributed by atoms with van der Waals surface area (Å²) in [5, 5.41) is 7.51. The Hall–Kier alpha value is -0.920. The van der Waals surface area contributed by atoms with Gasteiger partial charge in [0.15, 0.2) is 0 Å². The van der Waals surface area contributed by atoms with Gasteiger partial charge in [0.25, 0.3) is 0 Å². The Labute approximate surface area is 129 Å². The molecule has 9 heteroatoms. The fraction of sp³-hybridized carbons (Fsp3) is 0.273. The highest BCUT2D eigenvalue weighted by Gasteiger charge is 2.32. The summed E-state index contributed by atoms with van der Waals surface area (Å²) in [4.78, 5) is 1.08. The van der Waals surface area contributed by atoms with Gasteiger partial charge < -0.3 is 0 Å². The molecule has 1 aromatic heterocycles. The van der Waals surface area contributed by atoms with Crippen molar-refractivity contribution in [3.05, 3.63) is 39.6 Å². The first-order valence-electron chi connectivity index (χ1n) is 4.91. The van der Waals surface area contributed by atoms with E-state index in [0.29, 0.717) is 11.4 Å². The Morgan fingerprint density at radius 1 is 1.20 bits per heavy atom. The third kappa shape index (κ3) is 3.39. The van der Waals surface area contributed by atoms with E-state index in [9.17, 15) is 13.2 Å². The molecule has 0 atom stereocenters. The molecule has 110 valence electrons. The number of aromatic nitrogens is 3. The third-order valence-electron chi connectivity index (χ3n) is 2.25. The molecule has 0 aliphatic heterocycles. The molecule has 0 aliphatic rings. The molecule has 1 aromatic carbocycles. The van der Waals surface area contributed by atoms with E-state index < -0.39 is 11.7 Å². The van der Waals surface area contributed by atoms with Gasteiger partial charge in [0.2, 0.25) is 0 Å². The van der Waals surface area contributed by atoms with Gasteiger partial charge in [-0.2, -0.15) is 36.0 Å². The predicted octanol–water partition coefficient (Wildman–Crippen LogP) is 4.66. The molecule has 0 N–H and O–H groups in total. The first kappa shape index (κ1) is 17.1. The first-order valence-corrected chi connectivity index (χ1v) is 6.30. The second-order valence-electron chi connectivity index (χ2n) is 3.57. The standard InChI is InChI=1S/C10H6Cl2F3N3S.CH4/c11-7-1-5(10(13,14)15)2-8(12)9(7)18-16-3-6(4-19)17-18;/h1-3,19H,4H2;1H4. The summed E-state index contributed by atoms with van der Waals surface area (Å²) in [6.07, 6.45) is -3.09. The highest BCUT2D eigenvalue weighted by atomic mass is 35.5. The molecule has 0 spiro atoms. The minimum atomic E-state index is -4.51. The van der Waals surface area contributed by atoms with Crippen molar-refractivity contribution in [1.29, 1.82) is 0 Å². The Morgan fingerprint density at radius 3 is 2.15 bits per heavy atom. The van der Waals surface area contributed by atoms with Gasteiger partial charge in [0.05, 0.1) is 27.5 Å². The molecule has 0 radical (unpaired) electrons. The lowest BCUT2D eigenvalue weighted by molar-refractivity contribution is -0.137. The first-order chi connectivity index (χ1) is 8.82. The van der Waals surface area contributed by atoms with Crippen LogP contribution in [0.25, 0.3) is 5.69 Å². The molecule has 0 amide bonds. The number of halogens is 5. The summed E-state index contributed by atoms with van der Waals surface area (Å²) in [6.45, 7) is 0. The van der Waals surface area contributed by atoms with Gasteiger partial charge in [-0.05, 0) is 12.1 Å². The van der Waals surface area contributed by atoms with E-state index in [1.54, 1.807) is 0 Å². The third-order valence-corrected chi connectivity index (χ3v) is 3.15. The lowest BCUT2D eigenvalue weighted by Crippen LogP contribution is -2.08. The highest BCUT2D eigenvalue weighted by molar-refractivity contribution is 7.79. The average molecular weight is 344 g/mol. The van der Waals surface area contributed by atoms with Gasteiger partial charge in [0.1, 0.15) is 5.69 Å². The number of hydrogen-bond acceptors (Lipinski definition) is 3. The van der Waals surface area contributed by atoms with Crippen LogP contribution in [-0.2, 0) is 11.9 Å². The van der Waals surface area contributed by atoms with E-state index in [2.05, 4.69) is 22.8 Å². The monoisotopic (exact) mass is 343 g/mol. The van der Waals surface area contributed by atoms with Crippen LogP contribution < -0.4 is 0 Å². The lowest BCUT2D eigenvalue weighted by atomic mass is 10.2. The molecule has 1 heterocycles. The Kier molecular flexibility index (Phi) is 5.34. The summed E-state index contributed by atoms with van der Waals surface area (Å²) in [5.74, 6) is 0.343. The summed E-state index contributed by atoms with van der Waals surface area (Å²) >= 11 is 15.7. The Bertz CT molecular complexity index is 590. The van der Waals surface area contributed by atoms with Gasteiger partial charge >= 0.3 is 6.18 Å². The maximum absolute atomic E-state index is 12.6. The largest absolute Gasteiger partial charge is 0.416 e. The Balaban J connectivity index is 0.00000200.